The number of hydrogen-bond acceptors (Lipinski definition) is 7. The minimum atomic E-state index is -0.513. The summed E-state index contributed by atoms with van der Waals surface area (Å²) < 4.78 is 16.8. The highest BCUT2D eigenvalue weighted by Crippen LogP contribution is 2.30. The maximum absolute atomic E-state index is 12.1. The molecule has 0 N–H and O–H groups in total. The molecule has 0 unspecified atom stereocenters. The Kier molecular flexibility index (Phi) is 4.73. The Morgan fingerprint density at radius 1 is 1.26 bits per heavy atom. The van der Waals surface area contributed by atoms with Gasteiger partial charge in [-0.25, -0.2) is 4.79 Å². The summed E-state index contributed by atoms with van der Waals surface area (Å²) in [4.78, 5) is 12.9. The standard InChI is InChI=1S/C15H11BrN2O4S/c1-20-10-5-3-2-4-9(10)15(19)21-8-13-17-18-14(22-13)11-6-7-12(16)23-11/h2-7H,8H2,1H3. The Bertz CT molecular complexity index is 830. The highest BCUT2D eigenvalue weighted by atomic mass is 79.9. The lowest BCUT2D eigenvalue weighted by molar-refractivity contribution is 0.0435. The number of ether oxygens (including phenoxy) is 2. The van der Waals surface area contributed by atoms with Crippen molar-refractivity contribution in [2.75, 3.05) is 7.11 Å². The fraction of sp³-hybridized carbons (Fsp3) is 0.133. The van der Waals surface area contributed by atoms with Gasteiger partial charge in [0.1, 0.15) is 11.3 Å². The van der Waals surface area contributed by atoms with Gasteiger partial charge in [0.05, 0.1) is 15.8 Å². The van der Waals surface area contributed by atoms with Gasteiger partial charge in [-0.3, -0.25) is 0 Å². The van der Waals surface area contributed by atoms with E-state index in [1.54, 1.807) is 24.3 Å². The number of carbonyl (C=O) groups excluding carboxylic acids is 1. The molecule has 0 aliphatic heterocycles. The third kappa shape index (κ3) is 3.59. The van der Waals surface area contributed by atoms with Crippen LogP contribution in [0.4, 0.5) is 0 Å². The molecule has 0 atom stereocenters. The number of halogens is 1. The van der Waals surface area contributed by atoms with Crippen LogP contribution in [0.1, 0.15) is 16.2 Å². The number of hydrogen-bond donors (Lipinski definition) is 0. The average Bonchev–Trinajstić information content (AvgIpc) is 3.21. The third-order valence-electron chi connectivity index (χ3n) is 2.90. The number of para-hydroxylation sites is 1. The van der Waals surface area contributed by atoms with E-state index >= 15 is 0 Å². The summed E-state index contributed by atoms with van der Waals surface area (Å²) in [5, 5.41) is 7.82. The summed E-state index contributed by atoms with van der Waals surface area (Å²) in [6.07, 6.45) is 0. The smallest absolute Gasteiger partial charge is 0.342 e. The van der Waals surface area contributed by atoms with Crippen molar-refractivity contribution in [2.24, 2.45) is 0 Å². The van der Waals surface area contributed by atoms with Gasteiger partial charge in [0.2, 0.25) is 0 Å². The molecule has 23 heavy (non-hydrogen) atoms. The summed E-state index contributed by atoms with van der Waals surface area (Å²) in [7, 11) is 1.50. The Labute approximate surface area is 144 Å². The predicted molar refractivity (Wildman–Crippen MR) is 87.4 cm³/mol. The van der Waals surface area contributed by atoms with Crippen LogP contribution >= 0.6 is 27.3 Å². The monoisotopic (exact) mass is 394 g/mol. The minimum absolute atomic E-state index is 0.101. The lowest BCUT2D eigenvalue weighted by Gasteiger charge is -2.06. The van der Waals surface area contributed by atoms with Crippen molar-refractivity contribution in [2.45, 2.75) is 6.61 Å². The zero-order valence-corrected chi connectivity index (χ0v) is 14.4. The zero-order chi connectivity index (χ0) is 16.2. The molecular formula is C15H11BrN2O4S. The summed E-state index contributed by atoms with van der Waals surface area (Å²) in [5.41, 5.74) is 0.344. The molecule has 118 valence electrons. The van der Waals surface area contributed by atoms with Crippen LogP contribution in [-0.4, -0.2) is 23.3 Å². The van der Waals surface area contributed by atoms with E-state index in [1.165, 1.54) is 18.4 Å². The number of aromatic nitrogens is 2. The van der Waals surface area contributed by atoms with Crippen molar-refractivity contribution in [3.05, 3.63) is 51.6 Å². The SMILES string of the molecule is COc1ccccc1C(=O)OCc1nnc(-c2ccc(Br)s2)o1. The Morgan fingerprint density at radius 2 is 2.09 bits per heavy atom. The topological polar surface area (TPSA) is 74.5 Å². The van der Waals surface area contributed by atoms with Crippen molar-refractivity contribution in [1.82, 2.24) is 10.2 Å². The highest BCUT2D eigenvalue weighted by Gasteiger charge is 2.16. The van der Waals surface area contributed by atoms with E-state index in [1.807, 2.05) is 12.1 Å². The molecule has 0 saturated heterocycles. The van der Waals surface area contributed by atoms with Gasteiger partial charge in [-0.05, 0) is 40.2 Å². The molecule has 0 radical (unpaired) electrons. The lowest BCUT2D eigenvalue weighted by atomic mass is 10.2. The largest absolute Gasteiger partial charge is 0.496 e. The molecule has 0 saturated carbocycles. The van der Waals surface area contributed by atoms with Gasteiger partial charge >= 0.3 is 5.97 Å². The maximum atomic E-state index is 12.1. The van der Waals surface area contributed by atoms with Crippen LogP contribution in [0.5, 0.6) is 5.75 Å². The molecule has 1 aromatic carbocycles. The van der Waals surface area contributed by atoms with Crippen LogP contribution in [0.25, 0.3) is 10.8 Å². The summed E-state index contributed by atoms with van der Waals surface area (Å²) >= 11 is 4.85. The molecular weight excluding hydrogens is 384 g/mol. The van der Waals surface area contributed by atoms with Crippen molar-refractivity contribution < 1.29 is 18.7 Å². The number of benzene rings is 1. The first-order chi connectivity index (χ1) is 11.2. The number of nitrogens with zero attached hydrogens (tertiary/aromatic N) is 2. The molecule has 6 nitrogen and oxygen atoms in total. The van der Waals surface area contributed by atoms with Crippen LogP contribution in [0, 0.1) is 0 Å². The van der Waals surface area contributed by atoms with Gasteiger partial charge < -0.3 is 13.9 Å². The first kappa shape index (κ1) is 15.7. The molecule has 0 aliphatic carbocycles. The van der Waals surface area contributed by atoms with E-state index < -0.39 is 5.97 Å². The van der Waals surface area contributed by atoms with E-state index in [-0.39, 0.29) is 12.5 Å². The van der Waals surface area contributed by atoms with Crippen LogP contribution in [0.2, 0.25) is 0 Å². The second-order valence-corrected chi connectivity index (χ2v) is 6.84. The normalized spacial score (nSPS) is 10.5. The molecule has 0 spiro atoms. The number of rotatable bonds is 5. The molecule has 2 aromatic heterocycles. The molecule has 0 fully saturated rings. The average molecular weight is 395 g/mol. The van der Waals surface area contributed by atoms with Crippen LogP contribution in [-0.2, 0) is 11.3 Å². The predicted octanol–water partition coefficient (Wildman–Crippen LogP) is 3.93. The molecule has 3 rings (SSSR count). The van der Waals surface area contributed by atoms with Crippen molar-refractivity contribution in [3.8, 4) is 16.5 Å². The van der Waals surface area contributed by atoms with Crippen molar-refractivity contribution >= 4 is 33.2 Å². The maximum Gasteiger partial charge on any atom is 0.342 e. The zero-order valence-electron chi connectivity index (χ0n) is 12.0. The van der Waals surface area contributed by atoms with E-state index in [4.69, 9.17) is 13.9 Å². The van der Waals surface area contributed by atoms with E-state index in [9.17, 15) is 4.79 Å². The number of thiophene rings is 1. The minimum Gasteiger partial charge on any atom is -0.496 e. The number of methoxy groups -OCH3 is 1. The Balaban J connectivity index is 1.67. The quantitative estimate of drug-likeness (QED) is 0.610. The van der Waals surface area contributed by atoms with Crippen molar-refractivity contribution in [1.29, 1.82) is 0 Å². The van der Waals surface area contributed by atoms with Crippen LogP contribution in [0.3, 0.4) is 0 Å². The molecule has 8 heteroatoms. The highest BCUT2D eigenvalue weighted by molar-refractivity contribution is 9.11. The Morgan fingerprint density at radius 3 is 2.83 bits per heavy atom. The van der Waals surface area contributed by atoms with Crippen molar-refractivity contribution in [3.63, 3.8) is 0 Å². The molecule has 2 heterocycles. The van der Waals surface area contributed by atoms with Gasteiger partial charge in [0.25, 0.3) is 11.8 Å². The molecule has 0 amide bonds. The second kappa shape index (κ2) is 6.93. The third-order valence-corrected chi connectivity index (χ3v) is 4.52. The fourth-order valence-corrected chi connectivity index (χ4v) is 3.17. The van der Waals surface area contributed by atoms with E-state index in [0.29, 0.717) is 17.2 Å². The van der Waals surface area contributed by atoms with Gasteiger partial charge in [-0.1, -0.05) is 12.1 Å². The summed E-state index contributed by atoms with van der Waals surface area (Å²) in [5.74, 6) is 0.560. The summed E-state index contributed by atoms with van der Waals surface area (Å²) in [6.45, 7) is -0.101. The molecule has 3 aromatic rings. The Hall–Kier alpha value is -2.19. The van der Waals surface area contributed by atoms with Crippen LogP contribution < -0.4 is 4.74 Å². The first-order valence-electron chi connectivity index (χ1n) is 6.55. The fourth-order valence-electron chi connectivity index (χ4n) is 1.86. The van der Waals surface area contributed by atoms with E-state index in [2.05, 4.69) is 26.1 Å². The summed E-state index contributed by atoms with van der Waals surface area (Å²) in [6, 6.07) is 10.6. The number of esters is 1. The second-order valence-electron chi connectivity index (χ2n) is 4.38. The lowest BCUT2D eigenvalue weighted by Crippen LogP contribution is -2.07. The first-order valence-corrected chi connectivity index (χ1v) is 8.16. The van der Waals surface area contributed by atoms with Gasteiger partial charge in [-0.15, -0.1) is 21.5 Å². The van der Waals surface area contributed by atoms with Gasteiger partial charge in [0.15, 0.2) is 6.61 Å². The van der Waals surface area contributed by atoms with Gasteiger partial charge in [-0.2, -0.15) is 0 Å². The van der Waals surface area contributed by atoms with Gasteiger partial charge in [0, 0.05) is 0 Å². The van der Waals surface area contributed by atoms with E-state index in [0.717, 1.165) is 8.66 Å². The number of carbonyl (C=O) groups is 1. The molecule has 0 bridgehead atoms. The molecule has 0 aliphatic rings. The van der Waals surface area contributed by atoms with Crippen LogP contribution in [0.15, 0.2) is 44.6 Å².